The quantitative estimate of drug-likeness (QED) is 0.712. The molecule has 0 unspecified atom stereocenters. The summed E-state index contributed by atoms with van der Waals surface area (Å²) in [6.07, 6.45) is 1.21. The lowest BCUT2D eigenvalue weighted by Gasteiger charge is -2.17. The molecule has 0 saturated heterocycles. The van der Waals surface area contributed by atoms with E-state index in [2.05, 4.69) is 10.6 Å². The number of benzene rings is 1. The summed E-state index contributed by atoms with van der Waals surface area (Å²) in [5.74, 6) is 1.23. The highest BCUT2D eigenvalue weighted by molar-refractivity contribution is 6.07. The van der Waals surface area contributed by atoms with Gasteiger partial charge in [0.25, 0.3) is 0 Å². The van der Waals surface area contributed by atoms with Crippen molar-refractivity contribution in [3.8, 4) is 11.5 Å². The molecule has 6 heteroatoms. The van der Waals surface area contributed by atoms with Crippen molar-refractivity contribution in [2.75, 3.05) is 20.8 Å². The minimum Gasteiger partial charge on any atom is -0.493 e. The van der Waals surface area contributed by atoms with Crippen molar-refractivity contribution in [2.45, 2.75) is 33.2 Å². The molecule has 0 radical (unpaired) electrons. The van der Waals surface area contributed by atoms with Crippen molar-refractivity contribution in [1.29, 1.82) is 0 Å². The van der Waals surface area contributed by atoms with Crippen LogP contribution in [0.5, 0.6) is 11.5 Å². The third kappa shape index (κ3) is 3.99. The lowest BCUT2D eigenvalue weighted by molar-refractivity contribution is -0.137. The predicted molar refractivity (Wildman–Crippen MR) is 90.9 cm³/mol. The first-order valence-corrected chi connectivity index (χ1v) is 8.20. The number of amides is 2. The zero-order valence-electron chi connectivity index (χ0n) is 14.8. The number of hydrogen-bond donors (Lipinski definition) is 2. The molecule has 0 aliphatic heterocycles. The van der Waals surface area contributed by atoms with Gasteiger partial charge < -0.3 is 20.1 Å². The van der Waals surface area contributed by atoms with E-state index < -0.39 is 5.41 Å². The normalized spacial score (nSPS) is 14.9. The van der Waals surface area contributed by atoms with E-state index in [1.54, 1.807) is 20.3 Å². The Morgan fingerprint density at radius 2 is 1.71 bits per heavy atom. The Morgan fingerprint density at radius 3 is 2.25 bits per heavy atom. The van der Waals surface area contributed by atoms with Crippen LogP contribution in [0.25, 0.3) is 0 Å². The summed E-state index contributed by atoms with van der Waals surface area (Å²) in [7, 11) is 3.14. The molecule has 2 rings (SSSR count). The van der Waals surface area contributed by atoms with Gasteiger partial charge in [-0.2, -0.15) is 0 Å². The molecular formula is C18H26N2O4. The van der Waals surface area contributed by atoms with Gasteiger partial charge in [0.15, 0.2) is 11.5 Å². The first-order valence-electron chi connectivity index (χ1n) is 8.20. The summed E-state index contributed by atoms with van der Waals surface area (Å²) < 4.78 is 10.4. The van der Waals surface area contributed by atoms with Crippen molar-refractivity contribution in [2.24, 2.45) is 11.3 Å². The fraction of sp³-hybridized carbons (Fsp3) is 0.556. The number of hydrogen-bond acceptors (Lipinski definition) is 4. The van der Waals surface area contributed by atoms with E-state index >= 15 is 0 Å². The van der Waals surface area contributed by atoms with Crippen LogP contribution < -0.4 is 20.1 Å². The van der Waals surface area contributed by atoms with Crippen LogP contribution in [0, 0.1) is 11.3 Å². The zero-order valence-corrected chi connectivity index (χ0v) is 14.8. The molecule has 24 heavy (non-hydrogen) atoms. The number of carbonyl (C=O) groups is 2. The van der Waals surface area contributed by atoms with E-state index in [0.29, 0.717) is 43.3 Å². The number of ether oxygens (including phenoxy) is 2. The van der Waals surface area contributed by atoms with Crippen molar-refractivity contribution in [3.05, 3.63) is 23.8 Å². The molecule has 0 bridgehead atoms. The van der Waals surface area contributed by atoms with Crippen molar-refractivity contribution >= 4 is 11.8 Å². The summed E-state index contributed by atoms with van der Waals surface area (Å²) in [5, 5.41) is 5.72. The molecule has 1 aliphatic carbocycles. The molecule has 132 valence electrons. The van der Waals surface area contributed by atoms with Crippen LogP contribution in [0.3, 0.4) is 0 Å². The second kappa shape index (κ2) is 7.55. The van der Waals surface area contributed by atoms with Crippen molar-refractivity contribution in [1.82, 2.24) is 10.6 Å². The highest BCUT2D eigenvalue weighted by Crippen LogP contribution is 2.46. The smallest absolute Gasteiger partial charge is 0.235 e. The first-order chi connectivity index (χ1) is 11.4. The molecule has 0 heterocycles. The first kappa shape index (κ1) is 18.1. The van der Waals surface area contributed by atoms with E-state index in [9.17, 15) is 9.59 Å². The maximum absolute atomic E-state index is 12.4. The van der Waals surface area contributed by atoms with Gasteiger partial charge in [0.1, 0.15) is 5.41 Å². The van der Waals surface area contributed by atoms with Crippen molar-refractivity contribution in [3.63, 3.8) is 0 Å². The largest absolute Gasteiger partial charge is 0.493 e. The summed E-state index contributed by atoms with van der Waals surface area (Å²) in [6.45, 7) is 4.98. The Balaban J connectivity index is 1.94. The van der Waals surface area contributed by atoms with E-state index in [4.69, 9.17) is 9.47 Å². The molecule has 1 aromatic carbocycles. The van der Waals surface area contributed by atoms with E-state index in [1.807, 2.05) is 26.0 Å². The monoisotopic (exact) mass is 334 g/mol. The Kier molecular flexibility index (Phi) is 5.70. The van der Waals surface area contributed by atoms with Crippen LogP contribution in [-0.2, 0) is 16.1 Å². The average Bonchev–Trinajstić information content (AvgIpc) is 3.39. The number of nitrogens with one attached hydrogen (secondary N) is 2. The van der Waals surface area contributed by atoms with Crippen LogP contribution >= 0.6 is 0 Å². The van der Waals surface area contributed by atoms with Gasteiger partial charge in [0, 0.05) is 13.1 Å². The van der Waals surface area contributed by atoms with E-state index in [-0.39, 0.29) is 11.8 Å². The predicted octanol–water partition coefficient (Wildman–Crippen LogP) is 1.87. The van der Waals surface area contributed by atoms with Gasteiger partial charge in [0.2, 0.25) is 11.8 Å². The van der Waals surface area contributed by atoms with Crippen LogP contribution in [0.4, 0.5) is 0 Å². The molecule has 0 spiro atoms. The van der Waals surface area contributed by atoms with Gasteiger partial charge in [-0.25, -0.2) is 0 Å². The second-order valence-electron chi connectivity index (χ2n) is 6.56. The highest BCUT2D eigenvalue weighted by atomic mass is 16.5. The molecule has 2 N–H and O–H groups in total. The molecule has 2 amide bonds. The second-order valence-corrected chi connectivity index (χ2v) is 6.56. The third-order valence-electron chi connectivity index (χ3n) is 4.19. The Hall–Kier alpha value is -2.24. The Bertz CT molecular complexity index is 609. The molecule has 1 saturated carbocycles. The van der Waals surface area contributed by atoms with Gasteiger partial charge in [0.05, 0.1) is 14.2 Å². The zero-order chi connectivity index (χ0) is 17.7. The maximum atomic E-state index is 12.4. The molecule has 1 fully saturated rings. The average molecular weight is 334 g/mol. The molecular weight excluding hydrogens is 308 g/mol. The Morgan fingerprint density at radius 1 is 1.08 bits per heavy atom. The number of carbonyl (C=O) groups excluding carboxylic acids is 2. The lowest BCUT2D eigenvalue weighted by atomic mass is 10.0. The summed E-state index contributed by atoms with van der Waals surface area (Å²) in [6, 6.07) is 5.47. The van der Waals surface area contributed by atoms with Gasteiger partial charge in [-0.1, -0.05) is 19.9 Å². The summed E-state index contributed by atoms with van der Waals surface area (Å²) in [4.78, 5) is 24.7. The minimum atomic E-state index is -0.883. The molecule has 1 aromatic rings. The van der Waals surface area contributed by atoms with E-state index in [0.717, 1.165) is 5.56 Å². The fourth-order valence-electron chi connectivity index (χ4n) is 2.49. The van der Waals surface area contributed by atoms with Gasteiger partial charge in [-0.15, -0.1) is 0 Å². The highest BCUT2D eigenvalue weighted by Gasteiger charge is 2.56. The van der Waals surface area contributed by atoms with Crippen LogP contribution in [0.1, 0.15) is 32.3 Å². The minimum absolute atomic E-state index is 0.166. The van der Waals surface area contributed by atoms with Gasteiger partial charge in [-0.05, 0) is 36.5 Å². The Labute approximate surface area is 142 Å². The summed E-state index contributed by atoms with van der Waals surface area (Å²) in [5.41, 5.74) is 0.00484. The number of methoxy groups -OCH3 is 2. The van der Waals surface area contributed by atoms with Gasteiger partial charge >= 0.3 is 0 Å². The van der Waals surface area contributed by atoms with Crippen molar-refractivity contribution < 1.29 is 19.1 Å². The summed E-state index contributed by atoms with van der Waals surface area (Å²) >= 11 is 0. The molecule has 0 atom stereocenters. The maximum Gasteiger partial charge on any atom is 0.235 e. The SMILES string of the molecule is COc1ccc(CNC(=O)C2(C(=O)NCC(C)C)CC2)cc1OC. The number of rotatable bonds is 8. The lowest BCUT2D eigenvalue weighted by Crippen LogP contribution is -2.43. The van der Waals surface area contributed by atoms with E-state index in [1.165, 1.54) is 0 Å². The standard InChI is InChI=1S/C18H26N2O4/c1-12(2)10-19-16(21)18(7-8-18)17(22)20-11-13-5-6-14(23-3)15(9-13)24-4/h5-6,9,12H,7-8,10-11H2,1-4H3,(H,19,21)(H,20,22). The topological polar surface area (TPSA) is 76.7 Å². The van der Waals surface area contributed by atoms with Crippen LogP contribution in [0.2, 0.25) is 0 Å². The molecule has 6 nitrogen and oxygen atoms in total. The molecule has 0 aromatic heterocycles. The van der Waals surface area contributed by atoms with Crippen LogP contribution in [-0.4, -0.2) is 32.6 Å². The fourth-order valence-corrected chi connectivity index (χ4v) is 2.49. The molecule has 1 aliphatic rings. The van der Waals surface area contributed by atoms with Gasteiger partial charge in [-0.3, -0.25) is 9.59 Å². The third-order valence-corrected chi connectivity index (χ3v) is 4.19. The van der Waals surface area contributed by atoms with Crippen LogP contribution in [0.15, 0.2) is 18.2 Å².